The monoisotopic (exact) mass is 316 g/mol. The van der Waals surface area contributed by atoms with Gasteiger partial charge in [0, 0.05) is 5.02 Å². The zero-order valence-electron chi connectivity index (χ0n) is 9.32. The Kier molecular flexibility index (Phi) is 4.09. The van der Waals surface area contributed by atoms with Crippen LogP contribution in [-0.4, -0.2) is 15.9 Å². The Morgan fingerprint density at radius 3 is 2.26 bits per heavy atom. The van der Waals surface area contributed by atoms with Crippen molar-refractivity contribution in [3.05, 3.63) is 45.3 Å². The van der Waals surface area contributed by atoms with E-state index in [0.29, 0.717) is 5.02 Å². The predicted molar refractivity (Wildman–Crippen MR) is 75.9 cm³/mol. The van der Waals surface area contributed by atoms with Crippen LogP contribution in [0.5, 0.6) is 0 Å². The number of hydrogen-bond donors (Lipinski definition) is 2. The first-order valence-electron chi connectivity index (χ1n) is 5.01. The van der Waals surface area contributed by atoms with Crippen LogP contribution in [0.2, 0.25) is 15.1 Å². The highest BCUT2D eigenvalue weighted by atomic mass is 35.5. The average molecular weight is 318 g/mol. The van der Waals surface area contributed by atoms with Crippen LogP contribution >= 0.6 is 34.8 Å². The smallest absolute Gasteiger partial charge is 0.275 e. The van der Waals surface area contributed by atoms with Gasteiger partial charge in [0.15, 0.2) is 0 Å². The van der Waals surface area contributed by atoms with Gasteiger partial charge in [-0.2, -0.15) is 0 Å². The van der Waals surface area contributed by atoms with Crippen LogP contribution in [0.15, 0.2) is 24.5 Å². The lowest BCUT2D eigenvalue weighted by Gasteiger charge is -2.09. The summed E-state index contributed by atoms with van der Waals surface area (Å²) in [5.41, 5.74) is 5.74. The van der Waals surface area contributed by atoms with E-state index in [1.807, 2.05) is 0 Å². The highest BCUT2D eigenvalue weighted by Gasteiger charge is 2.13. The van der Waals surface area contributed by atoms with Gasteiger partial charge in [0.05, 0.1) is 28.1 Å². The fourth-order valence-corrected chi connectivity index (χ4v) is 2.21. The summed E-state index contributed by atoms with van der Waals surface area (Å²) in [4.78, 5) is 19.5. The maximum atomic E-state index is 11.9. The standard InChI is InChI=1S/C11H7Cl3N4O/c12-5-1-6(13)10(7(14)2-5)18-11(19)8-3-17-9(15)4-16-8/h1-4H,(H2,15,17)(H,18,19). The van der Waals surface area contributed by atoms with Gasteiger partial charge in [-0.15, -0.1) is 0 Å². The predicted octanol–water partition coefficient (Wildman–Crippen LogP) is 3.27. The third kappa shape index (κ3) is 3.26. The molecule has 3 N–H and O–H groups in total. The number of amides is 1. The Bertz CT molecular complexity index is 607. The number of hydrogen-bond acceptors (Lipinski definition) is 4. The second kappa shape index (κ2) is 5.61. The number of nitrogen functional groups attached to an aromatic ring is 1. The molecule has 0 aliphatic carbocycles. The SMILES string of the molecule is Nc1cnc(C(=O)Nc2c(Cl)cc(Cl)cc2Cl)cn1. The Hall–Kier alpha value is -1.56. The number of aromatic nitrogens is 2. The fourth-order valence-electron chi connectivity index (χ4n) is 1.29. The van der Waals surface area contributed by atoms with Gasteiger partial charge in [-0.25, -0.2) is 9.97 Å². The molecule has 0 radical (unpaired) electrons. The molecule has 0 aliphatic rings. The summed E-state index contributed by atoms with van der Waals surface area (Å²) in [7, 11) is 0. The zero-order valence-corrected chi connectivity index (χ0v) is 11.6. The van der Waals surface area contributed by atoms with Gasteiger partial charge in [0.2, 0.25) is 0 Å². The number of halogens is 3. The molecule has 0 saturated heterocycles. The van der Waals surface area contributed by atoms with Gasteiger partial charge >= 0.3 is 0 Å². The van der Waals surface area contributed by atoms with Crippen molar-refractivity contribution in [3.8, 4) is 0 Å². The first-order chi connectivity index (χ1) is 8.97. The summed E-state index contributed by atoms with van der Waals surface area (Å²) in [6, 6.07) is 2.94. The van der Waals surface area contributed by atoms with E-state index in [-0.39, 0.29) is 27.2 Å². The van der Waals surface area contributed by atoms with Crippen molar-refractivity contribution in [2.45, 2.75) is 0 Å². The van der Waals surface area contributed by atoms with Gasteiger partial charge in [-0.1, -0.05) is 34.8 Å². The Labute approximate surface area is 123 Å². The molecule has 8 heteroatoms. The molecule has 0 spiro atoms. The van der Waals surface area contributed by atoms with E-state index in [0.717, 1.165) is 0 Å². The van der Waals surface area contributed by atoms with Crippen molar-refractivity contribution in [3.63, 3.8) is 0 Å². The topological polar surface area (TPSA) is 80.9 Å². The van der Waals surface area contributed by atoms with Gasteiger partial charge in [-0.05, 0) is 12.1 Å². The quantitative estimate of drug-likeness (QED) is 0.890. The molecule has 0 unspecified atom stereocenters. The van der Waals surface area contributed by atoms with Crippen LogP contribution in [0.3, 0.4) is 0 Å². The number of rotatable bonds is 2. The van der Waals surface area contributed by atoms with Gasteiger partial charge in [0.1, 0.15) is 11.5 Å². The van der Waals surface area contributed by atoms with Gasteiger partial charge in [-0.3, -0.25) is 4.79 Å². The molecule has 0 fully saturated rings. The van der Waals surface area contributed by atoms with Crippen molar-refractivity contribution in [1.82, 2.24) is 9.97 Å². The number of nitrogens with two attached hydrogens (primary N) is 1. The van der Waals surface area contributed by atoms with Crippen LogP contribution in [0.1, 0.15) is 10.5 Å². The Morgan fingerprint density at radius 2 is 1.74 bits per heavy atom. The minimum absolute atomic E-state index is 0.0938. The van der Waals surface area contributed by atoms with E-state index in [4.69, 9.17) is 40.5 Å². The third-order valence-electron chi connectivity index (χ3n) is 2.15. The van der Waals surface area contributed by atoms with Crippen molar-refractivity contribution in [2.75, 3.05) is 11.1 Å². The second-order valence-electron chi connectivity index (χ2n) is 3.53. The second-order valence-corrected chi connectivity index (χ2v) is 4.78. The van der Waals surface area contributed by atoms with Crippen molar-refractivity contribution < 1.29 is 4.79 Å². The van der Waals surface area contributed by atoms with Crippen LogP contribution in [0, 0.1) is 0 Å². The van der Waals surface area contributed by atoms with Crippen molar-refractivity contribution in [2.24, 2.45) is 0 Å². The molecule has 19 heavy (non-hydrogen) atoms. The van der Waals surface area contributed by atoms with Crippen LogP contribution in [-0.2, 0) is 0 Å². The number of benzene rings is 1. The molecule has 1 heterocycles. The summed E-state index contributed by atoms with van der Waals surface area (Å²) in [6.45, 7) is 0. The molecule has 1 amide bonds. The zero-order chi connectivity index (χ0) is 14.0. The van der Waals surface area contributed by atoms with E-state index in [2.05, 4.69) is 15.3 Å². The van der Waals surface area contributed by atoms with Crippen LogP contribution < -0.4 is 11.1 Å². The minimum atomic E-state index is -0.501. The summed E-state index contributed by atoms with van der Waals surface area (Å²) in [5, 5.41) is 3.37. The summed E-state index contributed by atoms with van der Waals surface area (Å²) < 4.78 is 0. The molecule has 98 valence electrons. The summed E-state index contributed by atoms with van der Waals surface area (Å²) >= 11 is 17.7. The lowest BCUT2D eigenvalue weighted by atomic mass is 10.3. The third-order valence-corrected chi connectivity index (χ3v) is 2.96. The molecule has 0 bridgehead atoms. The van der Waals surface area contributed by atoms with E-state index in [1.54, 1.807) is 0 Å². The number of nitrogens with one attached hydrogen (secondary N) is 1. The molecule has 1 aromatic heterocycles. The first kappa shape index (κ1) is 13.9. The highest BCUT2D eigenvalue weighted by Crippen LogP contribution is 2.33. The van der Waals surface area contributed by atoms with Crippen LogP contribution in [0.4, 0.5) is 11.5 Å². The molecule has 2 rings (SSSR count). The lowest BCUT2D eigenvalue weighted by Crippen LogP contribution is -2.15. The first-order valence-corrected chi connectivity index (χ1v) is 6.14. The van der Waals surface area contributed by atoms with Crippen molar-refractivity contribution in [1.29, 1.82) is 0 Å². The molecule has 0 atom stereocenters. The van der Waals surface area contributed by atoms with E-state index < -0.39 is 5.91 Å². The molecule has 0 aliphatic heterocycles. The maximum Gasteiger partial charge on any atom is 0.275 e. The van der Waals surface area contributed by atoms with Crippen molar-refractivity contribution >= 4 is 52.2 Å². The summed E-state index contributed by atoms with van der Waals surface area (Å²) in [6.07, 6.45) is 2.53. The Morgan fingerprint density at radius 1 is 1.11 bits per heavy atom. The molecule has 0 saturated carbocycles. The molecular formula is C11H7Cl3N4O. The highest BCUT2D eigenvalue weighted by molar-refractivity contribution is 6.42. The molecule has 1 aromatic carbocycles. The number of carbonyl (C=O) groups excluding carboxylic acids is 1. The number of anilines is 2. The molecule has 5 nitrogen and oxygen atoms in total. The largest absolute Gasteiger partial charge is 0.382 e. The number of carbonyl (C=O) groups is 1. The normalized spacial score (nSPS) is 10.3. The Balaban J connectivity index is 2.26. The lowest BCUT2D eigenvalue weighted by molar-refractivity contribution is 0.102. The number of nitrogens with zero attached hydrogens (tertiary/aromatic N) is 2. The molecule has 2 aromatic rings. The van der Waals surface area contributed by atoms with E-state index in [9.17, 15) is 4.79 Å². The van der Waals surface area contributed by atoms with Gasteiger partial charge in [0.25, 0.3) is 5.91 Å². The summed E-state index contributed by atoms with van der Waals surface area (Å²) in [5.74, 6) is -0.280. The molecular weight excluding hydrogens is 311 g/mol. The van der Waals surface area contributed by atoms with E-state index in [1.165, 1.54) is 24.5 Å². The maximum absolute atomic E-state index is 11.9. The van der Waals surface area contributed by atoms with Crippen LogP contribution in [0.25, 0.3) is 0 Å². The average Bonchev–Trinajstić information content (AvgIpc) is 2.34. The van der Waals surface area contributed by atoms with E-state index >= 15 is 0 Å². The van der Waals surface area contributed by atoms with Gasteiger partial charge < -0.3 is 11.1 Å². The minimum Gasteiger partial charge on any atom is -0.382 e. The fraction of sp³-hybridized carbons (Fsp3) is 0.